The zero-order chi connectivity index (χ0) is 12.8. The summed E-state index contributed by atoms with van der Waals surface area (Å²) in [7, 11) is 0. The van der Waals surface area contributed by atoms with E-state index < -0.39 is 11.5 Å². The number of carbonyl (C=O) groups excluding carboxylic acids is 1. The van der Waals surface area contributed by atoms with E-state index >= 15 is 0 Å². The van der Waals surface area contributed by atoms with Crippen LogP contribution in [0.3, 0.4) is 0 Å². The molecule has 0 bridgehead atoms. The van der Waals surface area contributed by atoms with Gasteiger partial charge in [0.05, 0.1) is 12.0 Å². The van der Waals surface area contributed by atoms with E-state index in [0.29, 0.717) is 18.8 Å². The molecule has 0 aromatic carbocycles. The summed E-state index contributed by atoms with van der Waals surface area (Å²) in [5.41, 5.74) is -0.324. The minimum atomic E-state index is -0.897. The number of nitrogens with one attached hydrogen (secondary N) is 1. The van der Waals surface area contributed by atoms with E-state index in [9.17, 15) is 9.59 Å². The third-order valence-corrected chi connectivity index (χ3v) is 3.46. The van der Waals surface area contributed by atoms with Crippen molar-refractivity contribution in [3.8, 4) is 0 Å². The Morgan fingerprint density at radius 1 is 1.50 bits per heavy atom. The topological polar surface area (TPSA) is 92.4 Å². The zero-order valence-electron chi connectivity index (χ0n) is 9.81. The van der Waals surface area contributed by atoms with E-state index in [0.717, 1.165) is 18.6 Å². The summed E-state index contributed by atoms with van der Waals surface area (Å²) >= 11 is 0. The summed E-state index contributed by atoms with van der Waals surface area (Å²) in [4.78, 5) is 22.6. The minimum Gasteiger partial charge on any atom is -0.481 e. The van der Waals surface area contributed by atoms with E-state index in [1.54, 1.807) is 6.07 Å². The van der Waals surface area contributed by atoms with Crippen molar-refractivity contribution >= 4 is 11.9 Å². The molecule has 0 saturated heterocycles. The fourth-order valence-electron chi connectivity index (χ4n) is 2.05. The molecule has 0 atom stereocenters. The van der Waals surface area contributed by atoms with Crippen molar-refractivity contribution in [2.45, 2.75) is 43.6 Å². The predicted octanol–water partition coefficient (Wildman–Crippen LogP) is 1.29. The lowest BCUT2D eigenvalue weighted by molar-refractivity contribution is -0.137. The molecular formula is C12H14N2O4. The van der Waals surface area contributed by atoms with Crippen LogP contribution in [0.15, 0.2) is 10.6 Å². The van der Waals surface area contributed by atoms with Crippen molar-refractivity contribution < 1.29 is 19.2 Å². The molecule has 6 nitrogen and oxygen atoms in total. The van der Waals surface area contributed by atoms with Crippen LogP contribution in [0.1, 0.15) is 54.3 Å². The summed E-state index contributed by atoms with van der Waals surface area (Å²) in [5, 5.41) is 15.3. The number of carboxylic acid groups (broad SMARTS) is 1. The van der Waals surface area contributed by atoms with E-state index in [1.165, 1.54) is 0 Å². The van der Waals surface area contributed by atoms with E-state index in [-0.39, 0.29) is 18.0 Å². The Kier molecular flexibility index (Phi) is 2.39. The first-order valence-corrected chi connectivity index (χ1v) is 6.09. The molecule has 3 rings (SSSR count). The number of hydrogen-bond donors (Lipinski definition) is 2. The summed E-state index contributed by atoms with van der Waals surface area (Å²) in [6, 6.07) is 1.66. The zero-order valence-corrected chi connectivity index (χ0v) is 9.81. The minimum absolute atomic E-state index is 0.0356. The Balaban J connectivity index is 1.65. The number of hydrogen-bond acceptors (Lipinski definition) is 4. The number of carboxylic acids is 1. The van der Waals surface area contributed by atoms with Gasteiger partial charge in [0.2, 0.25) is 0 Å². The number of nitrogens with zero attached hydrogens (tertiary/aromatic N) is 1. The Bertz CT molecular complexity index is 500. The quantitative estimate of drug-likeness (QED) is 0.821. The van der Waals surface area contributed by atoms with Crippen molar-refractivity contribution in [1.29, 1.82) is 0 Å². The molecule has 2 saturated carbocycles. The molecule has 2 fully saturated rings. The highest BCUT2D eigenvalue weighted by atomic mass is 16.5. The fraction of sp³-hybridized carbons (Fsp3) is 0.583. The van der Waals surface area contributed by atoms with Crippen LogP contribution < -0.4 is 5.32 Å². The van der Waals surface area contributed by atoms with Crippen LogP contribution in [0.5, 0.6) is 0 Å². The van der Waals surface area contributed by atoms with Gasteiger partial charge in [-0.25, -0.2) is 0 Å². The second-order valence-electron chi connectivity index (χ2n) is 5.19. The monoisotopic (exact) mass is 250 g/mol. The van der Waals surface area contributed by atoms with Gasteiger partial charge in [-0.3, -0.25) is 9.59 Å². The van der Waals surface area contributed by atoms with Crippen LogP contribution in [0.25, 0.3) is 0 Å². The fourth-order valence-corrected chi connectivity index (χ4v) is 2.05. The van der Waals surface area contributed by atoms with Gasteiger partial charge in [0.25, 0.3) is 5.91 Å². The normalized spacial score (nSPS) is 20.4. The smallest absolute Gasteiger partial charge is 0.305 e. The maximum atomic E-state index is 11.9. The summed E-state index contributed by atoms with van der Waals surface area (Å²) in [5.74, 6) is -0.0767. The maximum absolute atomic E-state index is 11.9. The first-order valence-electron chi connectivity index (χ1n) is 6.09. The molecule has 1 aromatic rings. The van der Waals surface area contributed by atoms with Crippen molar-refractivity contribution in [2.75, 3.05) is 0 Å². The molecule has 1 heterocycles. The van der Waals surface area contributed by atoms with Gasteiger partial charge in [-0.1, -0.05) is 5.16 Å². The highest BCUT2D eigenvalue weighted by molar-refractivity contribution is 5.93. The van der Waals surface area contributed by atoms with E-state index in [4.69, 9.17) is 9.63 Å². The van der Waals surface area contributed by atoms with Crippen LogP contribution in [-0.2, 0) is 4.79 Å². The van der Waals surface area contributed by atoms with Crippen LogP contribution in [0.2, 0.25) is 0 Å². The Morgan fingerprint density at radius 3 is 2.78 bits per heavy atom. The molecule has 1 aromatic heterocycles. The molecular weight excluding hydrogens is 236 g/mol. The number of rotatable bonds is 5. The number of amides is 1. The van der Waals surface area contributed by atoms with Crippen LogP contribution in [0.4, 0.5) is 0 Å². The first-order chi connectivity index (χ1) is 8.58. The van der Waals surface area contributed by atoms with Gasteiger partial charge < -0.3 is 14.9 Å². The molecule has 0 radical (unpaired) electrons. The lowest BCUT2D eigenvalue weighted by Crippen LogP contribution is -2.38. The highest BCUT2D eigenvalue weighted by Gasteiger charge is 2.46. The third kappa shape index (κ3) is 2.23. The van der Waals surface area contributed by atoms with Crippen molar-refractivity contribution in [2.24, 2.45) is 0 Å². The molecule has 2 aliphatic rings. The van der Waals surface area contributed by atoms with Gasteiger partial charge in [0.1, 0.15) is 5.76 Å². The number of aromatic nitrogens is 1. The van der Waals surface area contributed by atoms with Gasteiger partial charge in [0, 0.05) is 12.0 Å². The second-order valence-corrected chi connectivity index (χ2v) is 5.19. The molecule has 6 heteroatoms. The van der Waals surface area contributed by atoms with Crippen molar-refractivity contribution in [3.63, 3.8) is 0 Å². The molecule has 0 aliphatic heterocycles. The summed E-state index contributed by atoms with van der Waals surface area (Å²) in [6.07, 6.45) is 3.54. The van der Waals surface area contributed by atoms with Gasteiger partial charge in [-0.05, 0) is 25.7 Å². The van der Waals surface area contributed by atoms with E-state index in [2.05, 4.69) is 10.5 Å². The number of aliphatic carboxylic acids is 1. The molecule has 18 heavy (non-hydrogen) atoms. The summed E-state index contributed by atoms with van der Waals surface area (Å²) < 4.78 is 5.10. The molecule has 0 spiro atoms. The molecule has 0 unspecified atom stereocenters. The highest BCUT2D eigenvalue weighted by Crippen LogP contribution is 2.41. The largest absolute Gasteiger partial charge is 0.481 e. The number of carbonyl (C=O) groups is 2. The molecule has 1 amide bonds. The third-order valence-electron chi connectivity index (χ3n) is 3.46. The van der Waals surface area contributed by atoms with Gasteiger partial charge in [-0.15, -0.1) is 0 Å². The average Bonchev–Trinajstić information content (AvgIpc) is 3.21. The maximum Gasteiger partial charge on any atom is 0.305 e. The Labute approximate surface area is 103 Å². The summed E-state index contributed by atoms with van der Waals surface area (Å²) in [6.45, 7) is 0. The van der Waals surface area contributed by atoms with Crippen LogP contribution >= 0.6 is 0 Å². The first kappa shape index (κ1) is 11.3. The Morgan fingerprint density at radius 2 is 2.22 bits per heavy atom. The Hall–Kier alpha value is -1.85. The SMILES string of the molecule is O=C(O)CC1(NC(=O)c2cc(C3CC3)on2)CC1. The molecule has 2 aliphatic carbocycles. The standard InChI is InChI=1S/C12H14N2O4/c15-10(16)6-12(3-4-12)13-11(17)8-5-9(18-14-8)7-1-2-7/h5,7H,1-4,6H2,(H,13,17)(H,15,16). The lowest BCUT2D eigenvalue weighted by Gasteiger charge is -2.13. The second kappa shape index (κ2) is 3.83. The lowest BCUT2D eigenvalue weighted by atomic mass is 10.1. The predicted molar refractivity (Wildman–Crippen MR) is 60.2 cm³/mol. The van der Waals surface area contributed by atoms with E-state index in [1.807, 2.05) is 0 Å². The van der Waals surface area contributed by atoms with Crippen molar-refractivity contribution in [3.05, 3.63) is 17.5 Å². The van der Waals surface area contributed by atoms with Crippen molar-refractivity contribution in [1.82, 2.24) is 10.5 Å². The molecule has 96 valence electrons. The van der Waals surface area contributed by atoms with Crippen LogP contribution in [0, 0.1) is 0 Å². The van der Waals surface area contributed by atoms with Gasteiger partial charge in [-0.2, -0.15) is 0 Å². The average molecular weight is 250 g/mol. The van der Waals surface area contributed by atoms with Crippen LogP contribution in [-0.4, -0.2) is 27.7 Å². The van der Waals surface area contributed by atoms with Gasteiger partial charge >= 0.3 is 5.97 Å². The molecule has 2 N–H and O–H groups in total. The van der Waals surface area contributed by atoms with Gasteiger partial charge in [0.15, 0.2) is 5.69 Å².